The molecule has 6 rings (SSSR count). The van der Waals surface area contributed by atoms with E-state index in [1.807, 2.05) is 18.6 Å². The van der Waals surface area contributed by atoms with E-state index in [0.29, 0.717) is 11.7 Å². The first-order valence-corrected chi connectivity index (χ1v) is 12.1. The van der Waals surface area contributed by atoms with Crippen LogP contribution in [0.3, 0.4) is 0 Å². The molecule has 0 bridgehead atoms. The Balaban J connectivity index is 1.41. The summed E-state index contributed by atoms with van der Waals surface area (Å²) < 4.78 is 0. The third kappa shape index (κ3) is 3.77. The fourth-order valence-corrected chi connectivity index (χ4v) is 4.96. The number of hydrogen-bond donors (Lipinski definition) is 3. The molecule has 1 saturated heterocycles. The number of pyridine rings is 2. The summed E-state index contributed by atoms with van der Waals surface area (Å²) in [5.41, 5.74) is 8.17. The summed E-state index contributed by atoms with van der Waals surface area (Å²) in [7, 11) is 0. The summed E-state index contributed by atoms with van der Waals surface area (Å²) in [6.07, 6.45) is 9.44. The van der Waals surface area contributed by atoms with Crippen LogP contribution in [0.15, 0.2) is 55.0 Å². The minimum atomic E-state index is 0.343. The van der Waals surface area contributed by atoms with Crippen LogP contribution in [0.25, 0.3) is 44.5 Å². The summed E-state index contributed by atoms with van der Waals surface area (Å²) >= 11 is 0. The first kappa shape index (κ1) is 20.7. The number of hydrogen-bond acceptors (Lipinski definition) is 5. The average Bonchev–Trinajstić information content (AvgIpc) is 3.48. The van der Waals surface area contributed by atoms with Gasteiger partial charge < -0.3 is 15.2 Å². The van der Waals surface area contributed by atoms with E-state index in [9.17, 15) is 0 Å². The third-order valence-electron chi connectivity index (χ3n) is 6.54. The molecule has 1 aliphatic heterocycles. The van der Waals surface area contributed by atoms with Crippen molar-refractivity contribution >= 4 is 33.3 Å². The SMILES string of the molecule is CC(C)Nc1cncc(-c2cnc3n[nH]c(-c4cc5c(N6CCCCC6)cccc5[nH]4)c3c2)c1. The average molecular weight is 452 g/mol. The Kier molecular flexibility index (Phi) is 5.17. The molecule has 1 fully saturated rings. The van der Waals surface area contributed by atoms with Crippen LogP contribution in [0, 0.1) is 0 Å². The zero-order valence-corrected chi connectivity index (χ0v) is 19.6. The van der Waals surface area contributed by atoms with Gasteiger partial charge >= 0.3 is 0 Å². The van der Waals surface area contributed by atoms with E-state index >= 15 is 0 Å². The van der Waals surface area contributed by atoms with Gasteiger partial charge in [-0.15, -0.1) is 0 Å². The van der Waals surface area contributed by atoms with Gasteiger partial charge in [0.05, 0.1) is 17.1 Å². The number of aromatic amines is 2. The number of nitrogens with zero attached hydrogens (tertiary/aromatic N) is 4. The highest BCUT2D eigenvalue weighted by molar-refractivity contribution is 6.00. The molecule has 34 heavy (non-hydrogen) atoms. The van der Waals surface area contributed by atoms with E-state index in [0.717, 1.165) is 52.2 Å². The maximum absolute atomic E-state index is 4.63. The third-order valence-corrected chi connectivity index (χ3v) is 6.54. The van der Waals surface area contributed by atoms with Crippen molar-refractivity contribution in [2.24, 2.45) is 0 Å². The normalized spacial score (nSPS) is 14.4. The Morgan fingerprint density at radius 1 is 0.941 bits per heavy atom. The van der Waals surface area contributed by atoms with E-state index in [2.05, 4.69) is 85.6 Å². The highest BCUT2D eigenvalue weighted by Gasteiger charge is 2.17. The lowest BCUT2D eigenvalue weighted by molar-refractivity contribution is 0.579. The summed E-state index contributed by atoms with van der Waals surface area (Å²) in [5, 5.41) is 13.4. The number of aromatic nitrogens is 5. The van der Waals surface area contributed by atoms with Crippen molar-refractivity contribution in [3.63, 3.8) is 0 Å². The van der Waals surface area contributed by atoms with Crippen LogP contribution < -0.4 is 10.2 Å². The largest absolute Gasteiger partial charge is 0.382 e. The van der Waals surface area contributed by atoms with Gasteiger partial charge in [0.1, 0.15) is 0 Å². The Labute approximate surface area is 198 Å². The van der Waals surface area contributed by atoms with Gasteiger partial charge in [-0.3, -0.25) is 10.1 Å². The lowest BCUT2D eigenvalue weighted by Crippen LogP contribution is -2.29. The summed E-state index contributed by atoms with van der Waals surface area (Å²) in [5.74, 6) is 0. The monoisotopic (exact) mass is 451 g/mol. The quantitative estimate of drug-likeness (QED) is 0.306. The molecule has 7 heteroatoms. The van der Waals surface area contributed by atoms with Gasteiger partial charge in [-0.2, -0.15) is 5.10 Å². The fourth-order valence-electron chi connectivity index (χ4n) is 4.96. The lowest BCUT2D eigenvalue weighted by Gasteiger charge is -2.29. The molecule has 0 aliphatic carbocycles. The number of anilines is 2. The van der Waals surface area contributed by atoms with Gasteiger partial charge in [0.15, 0.2) is 5.65 Å². The molecule has 0 atom stereocenters. The number of nitrogens with one attached hydrogen (secondary N) is 3. The second-order valence-electron chi connectivity index (χ2n) is 9.42. The second-order valence-corrected chi connectivity index (χ2v) is 9.42. The maximum atomic E-state index is 4.63. The molecular formula is C27H29N7. The van der Waals surface area contributed by atoms with Gasteiger partial charge in [0.2, 0.25) is 0 Å². The van der Waals surface area contributed by atoms with Crippen molar-refractivity contribution < 1.29 is 0 Å². The van der Waals surface area contributed by atoms with Crippen LogP contribution in [0.5, 0.6) is 0 Å². The summed E-state index contributed by atoms with van der Waals surface area (Å²) in [6.45, 7) is 6.49. The van der Waals surface area contributed by atoms with Crippen molar-refractivity contribution in [1.29, 1.82) is 0 Å². The van der Waals surface area contributed by atoms with Crippen LogP contribution in [-0.4, -0.2) is 44.3 Å². The van der Waals surface area contributed by atoms with Gasteiger partial charge in [0.25, 0.3) is 0 Å². The topological polar surface area (TPSA) is 85.5 Å². The highest BCUT2D eigenvalue weighted by Crippen LogP contribution is 2.35. The predicted molar refractivity (Wildman–Crippen MR) is 139 cm³/mol. The molecule has 0 spiro atoms. The zero-order valence-electron chi connectivity index (χ0n) is 19.6. The molecule has 172 valence electrons. The Bertz CT molecular complexity index is 1460. The van der Waals surface area contributed by atoms with Crippen molar-refractivity contribution in [1.82, 2.24) is 25.1 Å². The zero-order chi connectivity index (χ0) is 23.1. The molecule has 5 heterocycles. The molecule has 5 aromatic rings. The minimum absolute atomic E-state index is 0.343. The number of piperidine rings is 1. The van der Waals surface area contributed by atoms with Crippen molar-refractivity contribution in [3.05, 3.63) is 55.0 Å². The number of fused-ring (bicyclic) bond motifs is 2. The fraction of sp³-hybridized carbons (Fsp3) is 0.296. The van der Waals surface area contributed by atoms with Crippen LogP contribution in [0.2, 0.25) is 0 Å². The van der Waals surface area contributed by atoms with Gasteiger partial charge in [-0.25, -0.2) is 4.98 Å². The Morgan fingerprint density at radius 2 is 1.79 bits per heavy atom. The van der Waals surface area contributed by atoms with E-state index in [1.54, 1.807) is 0 Å². The number of H-pyrrole nitrogens is 2. The Hall–Kier alpha value is -3.87. The summed E-state index contributed by atoms with van der Waals surface area (Å²) in [6, 6.07) is 13.4. The highest BCUT2D eigenvalue weighted by atomic mass is 15.2. The first-order valence-electron chi connectivity index (χ1n) is 12.1. The van der Waals surface area contributed by atoms with Gasteiger partial charge in [-0.1, -0.05) is 6.07 Å². The van der Waals surface area contributed by atoms with E-state index < -0.39 is 0 Å². The van der Waals surface area contributed by atoms with E-state index in [1.165, 1.54) is 30.3 Å². The van der Waals surface area contributed by atoms with E-state index in [-0.39, 0.29) is 0 Å². The molecule has 4 aromatic heterocycles. The van der Waals surface area contributed by atoms with Crippen molar-refractivity contribution in [2.75, 3.05) is 23.3 Å². The molecule has 0 radical (unpaired) electrons. The molecule has 0 amide bonds. The molecule has 0 saturated carbocycles. The van der Waals surface area contributed by atoms with Crippen LogP contribution in [0.4, 0.5) is 11.4 Å². The Morgan fingerprint density at radius 3 is 2.65 bits per heavy atom. The molecular weight excluding hydrogens is 422 g/mol. The van der Waals surface area contributed by atoms with E-state index in [4.69, 9.17) is 0 Å². The van der Waals surface area contributed by atoms with Crippen LogP contribution in [-0.2, 0) is 0 Å². The van der Waals surface area contributed by atoms with Gasteiger partial charge in [-0.05, 0) is 63.4 Å². The van der Waals surface area contributed by atoms with Gasteiger partial charge in [0, 0.05) is 70.8 Å². The van der Waals surface area contributed by atoms with Crippen molar-refractivity contribution in [3.8, 4) is 22.5 Å². The molecule has 0 unspecified atom stereocenters. The smallest absolute Gasteiger partial charge is 0.181 e. The lowest BCUT2D eigenvalue weighted by atomic mass is 10.1. The second kappa shape index (κ2) is 8.48. The predicted octanol–water partition coefficient (Wildman–Crippen LogP) is 5.98. The molecule has 3 N–H and O–H groups in total. The molecule has 1 aliphatic rings. The number of rotatable bonds is 5. The minimum Gasteiger partial charge on any atom is -0.382 e. The van der Waals surface area contributed by atoms with Crippen LogP contribution >= 0.6 is 0 Å². The number of benzene rings is 1. The first-order chi connectivity index (χ1) is 16.7. The van der Waals surface area contributed by atoms with Crippen molar-refractivity contribution in [2.45, 2.75) is 39.2 Å². The standard InChI is InChI=1S/C27H29N7/c1-17(2)30-20-11-18(14-28-16-20)19-12-22-26(32-33-27(22)29-15-19)24-13-21-23(31-24)7-6-8-25(21)34-9-4-3-5-10-34/h6-8,11-17,30-31H,3-5,9-10H2,1-2H3,(H,29,32,33). The molecule has 1 aromatic carbocycles. The summed E-state index contributed by atoms with van der Waals surface area (Å²) in [4.78, 5) is 15.2. The maximum Gasteiger partial charge on any atom is 0.181 e. The molecule has 7 nitrogen and oxygen atoms in total. The van der Waals surface area contributed by atoms with Crippen LogP contribution in [0.1, 0.15) is 33.1 Å².